The molecule has 3 nitrogen and oxygen atoms in total. The summed E-state index contributed by atoms with van der Waals surface area (Å²) in [4.78, 5) is 0. The lowest BCUT2D eigenvalue weighted by atomic mass is 9.83. The van der Waals surface area contributed by atoms with Gasteiger partial charge >= 0.3 is 0 Å². The summed E-state index contributed by atoms with van der Waals surface area (Å²) < 4.78 is 26.8. The average Bonchev–Trinajstić information content (AvgIpc) is 1.97. The van der Waals surface area contributed by atoms with Gasteiger partial charge in [-0.05, 0) is 20.3 Å². The molecule has 1 saturated heterocycles. The van der Waals surface area contributed by atoms with Gasteiger partial charge in [0.1, 0.15) is 0 Å². The maximum absolute atomic E-state index is 11.0. The Bertz CT molecular complexity index is 312. The van der Waals surface area contributed by atoms with Crippen LogP contribution in [0.25, 0.3) is 0 Å². The monoisotopic (exact) mass is 188 g/mol. The zero-order valence-electron chi connectivity index (χ0n) is 7.20. The van der Waals surface area contributed by atoms with Gasteiger partial charge in [-0.25, -0.2) is 0 Å². The molecule has 1 heterocycles. The Kier molecular flexibility index (Phi) is 2.19. The molecule has 1 rings (SSSR count). The first-order chi connectivity index (χ1) is 5.40. The Morgan fingerprint density at radius 3 is 2.67 bits per heavy atom. The summed E-state index contributed by atoms with van der Waals surface area (Å²) in [5.74, 6) is 2.60. The molecule has 0 aromatic heterocycles. The van der Waals surface area contributed by atoms with Gasteiger partial charge in [-0.1, -0.05) is 5.92 Å². The molecule has 0 aliphatic carbocycles. The van der Waals surface area contributed by atoms with Gasteiger partial charge < -0.3 is 0 Å². The molecule has 0 bridgehead atoms. The van der Waals surface area contributed by atoms with Crippen molar-refractivity contribution < 1.29 is 12.6 Å². The van der Waals surface area contributed by atoms with Gasteiger partial charge in [0.05, 0.1) is 17.3 Å². The van der Waals surface area contributed by atoms with Crippen molar-refractivity contribution in [2.24, 2.45) is 5.41 Å². The summed E-state index contributed by atoms with van der Waals surface area (Å²) in [6.45, 7) is 3.53. The second-order valence-corrected chi connectivity index (χ2v) is 5.03. The molecule has 12 heavy (non-hydrogen) atoms. The van der Waals surface area contributed by atoms with E-state index in [0.717, 1.165) is 0 Å². The number of hydrogen-bond donors (Lipinski definition) is 0. The van der Waals surface area contributed by atoms with Crippen molar-refractivity contribution in [2.75, 3.05) is 5.75 Å². The van der Waals surface area contributed by atoms with Crippen molar-refractivity contribution in [1.29, 1.82) is 0 Å². The van der Waals surface area contributed by atoms with Crippen molar-refractivity contribution in [2.45, 2.75) is 26.4 Å². The number of rotatable bonds is 0. The maximum Gasteiger partial charge on any atom is 0.267 e. The van der Waals surface area contributed by atoms with Crippen LogP contribution in [0, 0.1) is 17.8 Å². The zero-order chi connectivity index (χ0) is 9.41. The highest BCUT2D eigenvalue weighted by Crippen LogP contribution is 2.33. The molecule has 0 N–H and O–H groups in total. The quantitative estimate of drug-likeness (QED) is 0.416. The second kappa shape index (κ2) is 2.75. The van der Waals surface area contributed by atoms with Crippen LogP contribution in [-0.2, 0) is 14.3 Å². The van der Waals surface area contributed by atoms with Crippen LogP contribution in [-0.4, -0.2) is 20.3 Å². The maximum atomic E-state index is 11.0. The van der Waals surface area contributed by atoms with Crippen LogP contribution in [0.2, 0.25) is 0 Å². The Hall–Kier alpha value is -0.530. The Balaban J connectivity index is 2.88. The van der Waals surface area contributed by atoms with Crippen LogP contribution in [0.15, 0.2) is 0 Å². The van der Waals surface area contributed by atoms with Gasteiger partial charge in [0, 0.05) is 0 Å². The van der Waals surface area contributed by atoms with Crippen LogP contribution in [0.1, 0.15) is 20.3 Å². The fraction of sp³-hybridized carbons (Fsp3) is 0.750. The SMILES string of the molecule is C#CC1(C)CCS(=O)(=O)OC1C. The van der Waals surface area contributed by atoms with Gasteiger partial charge in [-0.2, -0.15) is 8.42 Å². The van der Waals surface area contributed by atoms with Crippen LogP contribution in [0.4, 0.5) is 0 Å². The van der Waals surface area contributed by atoms with E-state index >= 15 is 0 Å². The largest absolute Gasteiger partial charge is 0.267 e. The Morgan fingerprint density at radius 1 is 1.67 bits per heavy atom. The molecule has 1 fully saturated rings. The van der Waals surface area contributed by atoms with Crippen molar-refractivity contribution in [3.05, 3.63) is 0 Å². The first-order valence-corrected chi connectivity index (χ1v) is 5.36. The third-order valence-corrected chi connectivity index (χ3v) is 3.68. The minimum atomic E-state index is -3.31. The average molecular weight is 188 g/mol. The van der Waals surface area contributed by atoms with E-state index in [2.05, 4.69) is 5.92 Å². The highest BCUT2D eigenvalue weighted by molar-refractivity contribution is 7.86. The van der Waals surface area contributed by atoms with Crippen molar-refractivity contribution in [3.8, 4) is 12.3 Å². The lowest BCUT2D eigenvalue weighted by Gasteiger charge is -2.34. The minimum Gasteiger partial charge on any atom is -0.265 e. The molecule has 68 valence electrons. The van der Waals surface area contributed by atoms with E-state index in [4.69, 9.17) is 10.6 Å². The minimum absolute atomic E-state index is 0.0258. The Labute approximate surface area is 73.2 Å². The summed E-state index contributed by atoms with van der Waals surface area (Å²) in [6, 6.07) is 0. The van der Waals surface area contributed by atoms with E-state index in [-0.39, 0.29) is 5.75 Å². The normalized spacial score (nSPS) is 40.2. The zero-order valence-corrected chi connectivity index (χ0v) is 8.02. The molecule has 0 aromatic rings. The third-order valence-electron chi connectivity index (χ3n) is 2.39. The molecule has 1 aliphatic heterocycles. The lowest BCUT2D eigenvalue weighted by Crippen LogP contribution is -2.40. The lowest BCUT2D eigenvalue weighted by molar-refractivity contribution is 0.104. The van der Waals surface area contributed by atoms with E-state index in [1.165, 1.54) is 0 Å². The molecule has 1 aliphatic rings. The number of hydrogen-bond acceptors (Lipinski definition) is 3. The molecule has 2 unspecified atom stereocenters. The highest BCUT2D eigenvalue weighted by atomic mass is 32.2. The predicted molar refractivity (Wildman–Crippen MR) is 45.9 cm³/mol. The third kappa shape index (κ3) is 1.62. The molecule has 0 amide bonds. The van der Waals surface area contributed by atoms with E-state index in [1.54, 1.807) is 6.92 Å². The van der Waals surface area contributed by atoms with E-state index < -0.39 is 21.6 Å². The molecule has 0 aromatic carbocycles. The molecule has 0 spiro atoms. The summed E-state index contributed by atoms with van der Waals surface area (Å²) in [5.41, 5.74) is -0.439. The fourth-order valence-electron chi connectivity index (χ4n) is 1.10. The number of terminal acetylenes is 1. The van der Waals surface area contributed by atoms with Gasteiger partial charge in [0.15, 0.2) is 0 Å². The van der Waals surface area contributed by atoms with Crippen LogP contribution in [0.3, 0.4) is 0 Å². The van der Waals surface area contributed by atoms with Crippen molar-refractivity contribution in [3.63, 3.8) is 0 Å². The van der Waals surface area contributed by atoms with Gasteiger partial charge in [-0.3, -0.25) is 4.18 Å². The topological polar surface area (TPSA) is 43.4 Å². The fourth-order valence-corrected chi connectivity index (χ4v) is 2.53. The molecular weight excluding hydrogens is 176 g/mol. The summed E-state index contributed by atoms with van der Waals surface area (Å²) in [7, 11) is -3.31. The van der Waals surface area contributed by atoms with Crippen molar-refractivity contribution in [1.82, 2.24) is 0 Å². The summed E-state index contributed by atoms with van der Waals surface area (Å²) in [6.07, 6.45) is 5.36. The van der Waals surface area contributed by atoms with Crippen LogP contribution in [0.5, 0.6) is 0 Å². The van der Waals surface area contributed by atoms with E-state index in [1.807, 2.05) is 6.92 Å². The standard InChI is InChI=1S/C8H12O3S/c1-4-8(3)5-6-12(9,10)11-7(8)2/h1,7H,5-6H2,2-3H3. The predicted octanol–water partition coefficient (Wildman–Crippen LogP) is 0.765. The second-order valence-electron chi connectivity index (χ2n) is 3.31. The van der Waals surface area contributed by atoms with Gasteiger partial charge in [-0.15, -0.1) is 6.42 Å². The summed E-state index contributed by atoms with van der Waals surface area (Å²) in [5, 5.41) is 0. The molecular formula is C8H12O3S. The first-order valence-electron chi connectivity index (χ1n) is 3.78. The first kappa shape index (κ1) is 9.56. The molecule has 0 saturated carbocycles. The molecule has 4 heteroatoms. The van der Waals surface area contributed by atoms with E-state index in [9.17, 15) is 8.42 Å². The van der Waals surface area contributed by atoms with Crippen LogP contribution < -0.4 is 0 Å². The molecule has 0 radical (unpaired) electrons. The Morgan fingerprint density at radius 2 is 2.25 bits per heavy atom. The van der Waals surface area contributed by atoms with Crippen molar-refractivity contribution >= 4 is 10.1 Å². The van der Waals surface area contributed by atoms with Gasteiger partial charge in [0.25, 0.3) is 10.1 Å². The highest BCUT2D eigenvalue weighted by Gasteiger charge is 2.39. The van der Waals surface area contributed by atoms with Gasteiger partial charge in [0.2, 0.25) is 0 Å². The van der Waals surface area contributed by atoms with Crippen LogP contribution >= 0.6 is 0 Å². The van der Waals surface area contributed by atoms with E-state index in [0.29, 0.717) is 6.42 Å². The molecule has 2 atom stereocenters. The summed E-state index contributed by atoms with van der Waals surface area (Å²) >= 11 is 0. The smallest absolute Gasteiger partial charge is 0.265 e.